The average Bonchev–Trinajstić information content (AvgIpc) is 0.811. The van der Waals surface area contributed by atoms with Gasteiger partial charge in [-0.2, -0.15) is 0 Å². The molecule has 32 valence electrons. The molecule has 0 rings (SSSR count). The fraction of sp³-hybridized carbons (Fsp3) is 0. The highest BCUT2D eigenvalue weighted by Crippen LogP contribution is 1.92. The fourth-order valence-corrected chi connectivity index (χ4v) is 0. The molecule has 0 unspecified atom stereocenters. The van der Waals surface area contributed by atoms with Crippen molar-refractivity contribution in [1.82, 2.24) is 0 Å². The predicted octanol–water partition coefficient (Wildman–Crippen LogP) is 2.47. The molecule has 5 heavy (non-hydrogen) atoms. The van der Waals surface area contributed by atoms with E-state index in [1.54, 1.807) is 0 Å². The summed E-state index contributed by atoms with van der Waals surface area (Å²) in [6.07, 6.45) is 0. The third-order valence-corrected chi connectivity index (χ3v) is 0. The Hall–Kier alpha value is 1.11. The zero-order valence-corrected chi connectivity index (χ0v) is 6.96. The lowest BCUT2D eigenvalue weighted by Crippen LogP contribution is -1.42. The van der Waals surface area contributed by atoms with E-state index >= 15 is 0 Å². The van der Waals surface area contributed by atoms with Crippen LogP contribution in [0.15, 0.2) is 0 Å². The summed E-state index contributed by atoms with van der Waals surface area (Å²) in [4.78, 5) is 9.28. The summed E-state index contributed by atoms with van der Waals surface area (Å²) in [6.45, 7) is 0. The molecule has 0 N–H and O–H groups in total. The molecule has 0 radical (unpaired) electrons. The number of carbonyl (C=O) groups is 1. The summed E-state index contributed by atoms with van der Waals surface area (Å²) in [6, 6.07) is 0. The van der Waals surface area contributed by atoms with Gasteiger partial charge >= 0.3 is 0 Å². The summed E-state index contributed by atoms with van der Waals surface area (Å²) >= 11 is 5.10. The lowest BCUT2D eigenvalue weighted by molar-refractivity contribution is 0.278. The molecule has 0 atom stereocenters. The zero-order valence-electron chi connectivity index (χ0n) is 2.07. The molecular weight excluding hydrogens is 268 g/mol. The van der Waals surface area contributed by atoms with Gasteiger partial charge in [0.25, 0.3) is 3.60 Å². The summed E-state index contributed by atoms with van der Waals surface area (Å²) in [7, 11) is 0. The molecule has 0 fully saturated rings. The first-order valence-corrected chi connectivity index (χ1v) is 2.17. The first-order chi connectivity index (χ1) is 1.73. The Bertz CT molecular complexity index is 29.9. The van der Waals surface area contributed by atoms with Crippen molar-refractivity contribution in [2.75, 3.05) is 0 Å². The molecule has 0 amide bonds. The summed E-state index contributed by atoms with van der Waals surface area (Å²) < 4.78 is -0.208. The van der Waals surface area contributed by atoms with Gasteiger partial charge in [0.1, 0.15) is 0 Å². The second kappa shape index (κ2) is 5.11. The van der Waals surface area contributed by atoms with Crippen LogP contribution in [0.2, 0.25) is 0 Å². The highest BCUT2D eigenvalue weighted by molar-refractivity contribution is 9.39. The maximum atomic E-state index is 9.28. The van der Waals surface area contributed by atoms with Crippen LogP contribution in [0.3, 0.4) is 0 Å². The van der Waals surface area contributed by atoms with Crippen molar-refractivity contribution in [3.63, 3.8) is 0 Å². The molecule has 0 aliphatic heterocycles. The molecule has 0 aromatic carbocycles. The van der Waals surface area contributed by atoms with Gasteiger partial charge in [0, 0.05) is 31.9 Å². The number of carbonyl (C=O) groups excluding carboxylic acids is 1. The third-order valence-electron chi connectivity index (χ3n) is 0. The molecule has 0 saturated heterocycles. The average molecular weight is 269 g/mol. The van der Waals surface area contributed by atoms with Crippen molar-refractivity contribution in [3.8, 4) is 0 Å². The first kappa shape index (κ1) is 9.44. The highest BCUT2D eigenvalue weighted by Gasteiger charge is 1.70. The largest absolute Gasteiger partial charge is 0.273 e. The maximum Gasteiger partial charge on any atom is 0.262 e. The van der Waals surface area contributed by atoms with E-state index < -0.39 is 0 Å². The number of rotatable bonds is 0. The predicted molar refractivity (Wildman–Crippen MR) is 33.6 cm³/mol. The van der Waals surface area contributed by atoms with E-state index in [2.05, 4.69) is 31.9 Å². The Kier molecular flexibility index (Phi) is 9.65. The normalized spacial score (nSPS) is 5.20. The van der Waals surface area contributed by atoms with Gasteiger partial charge in [-0.05, 0) is 0 Å². The second-order valence-electron chi connectivity index (χ2n) is 0.226. The highest BCUT2D eigenvalue weighted by atomic mass is 79.9. The molecule has 0 saturated carbocycles. The maximum absolute atomic E-state index is 9.28. The van der Waals surface area contributed by atoms with Crippen LogP contribution in [0.1, 0.15) is 0 Å². The van der Waals surface area contributed by atoms with Crippen molar-refractivity contribution in [2.24, 2.45) is 0 Å². The van der Waals surface area contributed by atoms with Crippen molar-refractivity contribution in [3.05, 3.63) is 0 Å². The Morgan fingerprint density at radius 3 is 1.40 bits per heavy atom. The molecule has 0 bridgehead atoms. The van der Waals surface area contributed by atoms with Crippen LogP contribution >= 0.6 is 48.8 Å². The SMILES string of the molecule is Br.O=C(Br)Br. The Balaban J connectivity index is 0. The minimum Gasteiger partial charge on any atom is -0.273 e. The van der Waals surface area contributed by atoms with Gasteiger partial charge in [0.05, 0.1) is 0 Å². The minimum absolute atomic E-state index is 0. The van der Waals surface area contributed by atoms with Crippen molar-refractivity contribution >= 4 is 52.4 Å². The molecule has 1 nitrogen and oxygen atoms in total. The quantitative estimate of drug-likeness (QED) is 0.617. The van der Waals surface area contributed by atoms with Crippen LogP contribution in [0.5, 0.6) is 0 Å². The topological polar surface area (TPSA) is 17.1 Å². The third kappa shape index (κ3) is 40.1. The number of halogens is 3. The Labute approximate surface area is 57.1 Å². The van der Waals surface area contributed by atoms with Gasteiger partial charge in [-0.1, -0.05) is 0 Å². The Morgan fingerprint density at radius 1 is 1.40 bits per heavy atom. The number of hydrogen-bond donors (Lipinski definition) is 0. The van der Waals surface area contributed by atoms with Crippen LogP contribution in [0.25, 0.3) is 0 Å². The molecule has 0 spiro atoms. The first-order valence-electron chi connectivity index (χ1n) is 0.582. The van der Waals surface area contributed by atoms with Crippen molar-refractivity contribution < 1.29 is 4.79 Å². The van der Waals surface area contributed by atoms with Gasteiger partial charge in [-0.3, -0.25) is 4.79 Å². The smallest absolute Gasteiger partial charge is 0.262 e. The van der Waals surface area contributed by atoms with Crippen LogP contribution in [0, 0.1) is 0 Å². The molecule has 4 heteroatoms. The van der Waals surface area contributed by atoms with Gasteiger partial charge in [0.15, 0.2) is 0 Å². The molecule has 0 aliphatic rings. The molecule has 0 aromatic rings. The number of hydrogen-bond acceptors (Lipinski definition) is 1. The molecule has 0 aliphatic carbocycles. The lowest BCUT2D eigenvalue weighted by Gasteiger charge is -1.49. The van der Waals surface area contributed by atoms with Crippen LogP contribution in [-0.4, -0.2) is 3.60 Å². The fourth-order valence-electron chi connectivity index (χ4n) is 0. The van der Waals surface area contributed by atoms with Gasteiger partial charge < -0.3 is 0 Å². The summed E-state index contributed by atoms with van der Waals surface area (Å²) in [5.74, 6) is 0. The van der Waals surface area contributed by atoms with Crippen molar-refractivity contribution in [2.45, 2.75) is 0 Å². The van der Waals surface area contributed by atoms with Gasteiger partial charge in [0.2, 0.25) is 0 Å². The lowest BCUT2D eigenvalue weighted by atomic mass is 11.9. The monoisotopic (exact) mass is 266 g/mol. The summed E-state index contributed by atoms with van der Waals surface area (Å²) in [5, 5.41) is 0. The van der Waals surface area contributed by atoms with E-state index in [0.717, 1.165) is 0 Å². The van der Waals surface area contributed by atoms with Crippen LogP contribution in [-0.2, 0) is 0 Å². The van der Waals surface area contributed by atoms with E-state index in [0.29, 0.717) is 0 Å². The van der Waals surface area contributed by atoms with Gasteiger partial charge in [-0.15, -0.1) is 17.0 Å². The standard InChI is InChI=1S/CBr2O.BrH/c2-1(3)4;/h;1H. The van der Waals surface area contributed by atoms with E-state index in [9.17, 15) is 4.79 Å². The van der Waals surface area contributed by atoms with E-state index in [-0.39, 0.29) is 20.6 Å². The van der Waals surface area contributed by atoms with Crippen LogP contribution < -0.4 is 0 Å². The van der Waals surface area contributed by atoms with E-state index in [1.807, 2.05) is 0 Å². The van der Waals surface area contributed by atoms with Crippen molar-refractivity contribution in [1.29, 1.82) is 0 Å². The minimum atomic E-state index is -0.208. The molecular formula is CHBr3O. The van der Waals surface area contributed by atoms with Crippen LogP contribution in [0.4, 0.5) is 4.79 Å². The van der Waals surface area contributed by atoms with E-state index in [1.165, 1.54) is 0 Å². The van der Waals surface area contributed by atoms with Gasteiger partial charge in [-0.25, -0.2) is 0 Å². The summed E-state index contributed by atoms with van der Waals surface area (Å²) in [5.41, 5.74) is 0. The second-order valence-corrected chi connectivity index (χ2v) is 2.73. The molecule has 0 aromatic heterocycles. The Morgan fingerprint density at radius 2 is 1.40 bits per heavy atom. The zero-order chi connectivity index (χ0) is 3.58. The molecule has 0 heterocycles. The van der Waals surface area contributed by atoms with E-state index in [4.69, 9.17) is 0 Å².